The molecule has 2 heteroatoms. The lowest BCUT2D eigenvalue weighted by atomic mass is 9.83. The van der Waals surface area contributed by atoms with Gasteiger partial charge in [-0.2, -0.15) is 0 Å². The molecule has 0 saturated carbocycles. The molecule has 1 rings (SSSR count). The van der Waals surface area contributed by atoms with Crippen molar-refractivity contribution in [2.24, 2.45) is 11.7 Å². The Balaban J connectivity index is 2.41. The molecule has 0 aromatic carbocycles. The van der Waals surface area contributed by atoms with E-state index in [2.05, 4.69) is 25.8 Å². The SMILES string of the molecule is C[C@H]1[C@@H](C)N(C)[C@H]1CN. The molecule has 1 aliphatic heterocycles. The van der Waals surface area contributed by atoms with E-state index >= 15 is 0 Å². The average molecular weight is 128 g/mol. The zero-order valence-electron chi connectivity index (χ0n) is 6.46. The van der Waals surface area contributed by atoms with Crippen LogP contribution in [-0.2, 0) is 0 Å². The second-order valence-corrected chi connectivity index (χ2v) is 3.07. The number of nitrogens with two attached hydrogens (primary N) is 1. The second-order valence-electron chi connectivity index (χ2n) is 3.07. The highest BCUT2D eigenvalue weighted by molar-refractivity contribution is 4.94. The van der Waals surface area contributed by atoms with Gasteiger partial charge in [-0.3, -0.25) is 4.90 Å². The van der Waals surface area contributed by atoms with E-state index in [9.17, 15) is 0 Å². The normalized spacial score (nSPS) is 44.7. The molecule has 0 unspecified atom stereocenters. The summed E-state index contributed by atoms with van der Waals surface area (Å²) >= 11 is 0. The molecular weight excluding hydrogens is 112 g/mol. The molecule has 1 saturated heterocycles. The van der Waals surface area contributed by atoms with E-state index in [0.29, 0.717) is 6.04 Å². The van der Waals surface area contributed by atoms with Crippen molar-refractivity contribution in [3.63, 3.8) is 0 Å². The monoisotopic (exact) mass is 128 g/mol. The summed E-state index contributed by atoms with van der Waals surface area (Å²) in [6.45, 7) is 5.32. The first-order valence-corrected chi connectivity index (χ1v) is 3.60. The molecule has 9 heavy (non-hydrogen) atoms. The summed E-state index contributed by atoms with van der Waals surface area (Å²) in [6, 6.07) is 1.37. The summed E-state index contributed by atoms with van der Waals surface area (Å²) in [5.74, 6) is 0.792. The van der Waals surface area contributed by atoms with Crippen molar-refractivity contribution in [3.05, 3.63) is 0 Å². The van der Waals surface area contributed by atoms with E-state index < -0.39 is 0 Å². The third-order valence-corrected chi connectivity index (χ3v) is 2.77. The summed E-state index contributed by atoms with van der Waals surface area (Å²) in [5, 5.41) is 0. The molecule has 0 radical (unpaired) electrons. The van der Waals surface area contributed by atoms with Gasteiger partial charge >= 0.3 is 0 Å². The molecule has 54 valence electrons. The van der Waals surface area contributed by atoms with Gasteiger partial charge in [-0.05, 0) is 19.9 Å². The first-order valence-electron chi connectivity index (χ1n) is 3.60. The Kier molecular flexibility index (Phi) is 1.78. The van der Waals surface area contributed by atoms with Crippen molar-refractivity contribution in [1.82, 2.24) is 4.90 Å². The molecule has 1 fully saturated rings. The van der Waals surface area contributed by atoms with Gasteiger partial charge in [0.15, 0.2) is 0 Å². The van der Waals surface area contributed by atoms with Crippen molar-refractivity contribution in [2.75, 3.05) is 13.6 Å². The number of rotatable bonds is 1. The molecular formula is C7H16N2. The first-order chi connectivity index (χ1) is 4.18. The number of nitrogens with zero attached hydrogens (tertiary/aromatic N) is 1. The van der Waals surface area contributed by atoms with E-state index in [0.717, 1.165) is 18.5 Å². The van der Waals surface area contributed by atoms with E-state index in [1.54, 1.807) is 0 Å². The smallest absolute Gasteiger partial charge is 0.0258 e. The molecule has 0 aromatic rings. The van der Waals surface area contributed by atoms with E-state index in [-0.39, 0.29) is 0 Å². The molecule has 0 amide bonds. The highest BCUT2D eigenvalue weighted by Crippen LogP contribution is 2.28. The molecule has 0 aromatic heterocycles. The van der Waals surface area contributed by atoms with Crippen LogP contribution in [0.5, 0.6) is 0 Å². The highest BCUT2D eigenvalue weighted by Gasteiger charge is 2.38. The maximum Gasteiger partial charge on any atom is 0.0258 e. The fraction of sp³-hybridized carbons (Fsp3) is 1.00. The van der Waals surface area contributed by atoms with Crippen molar-refractivity contribution < 1.29 is 0 Å². The minimum atomic E-state index is 0.639. The minimum absolute atomic E-state index is 0.639. The van der Waals surface area contributed by atoms with Gasteiger partial charge in [-0.15, -0.1) is 0 Å². The van der Waals surface area contributed by atoms with Crippen LogP contribution in [0.15, 0.2) is 0 Å². The lowest BCUT2D eigenvalue weighted by Gasteiger charge is -2.50. The van der Waals surface area contributed by atoms with Crippen LogP contribution >= 0.6 is 0 Å². The Morgan fingerprint density at radius 3 is 2.22 bits per heavy atom. The average Bonchev–Trinajstić information content (AvgIpc) is 1.89. The van der Waals surface area contributed by atoms with Crippen LogP contribution in [0, 0.1) is 5.92 Å². The third-order valence-electron chi connectivity index (χ3n) is 2.77. The van der Waals surface area contributed by atoms with Gasteiger partial charge in [0, 0.05) is 18.6 Å². The van der Waals surface area contributed by atoms with Crippen molar-refractivity contribution in [3.8, 4) is 0 Å². The molecule has 1 aliphatic rings. The predicted octanol–water partition coefficient (Wildman–Crippen LogP) is 0.284. The minimum Gasteiger partial charge on any atom is -0.329 e. The fourth-order valence-electron chi connectivity index (χ4n) is 1.64. The van der Waals surface area contributed by atoms with Gasteiger partial charge in [0.05, 0.1) is 0 Å². The predicted molar refractivity (Wildman–Crippen MR) is 39.2 cm³/mol. The lowest BCUT2D eigenvalue weighted by molar-refractivity contribution is -0.00725. The van der Waals surface area contributed by atoms with Crippen LogP contribution in [-0.4, -0.2) is 30.6 Å². The van der Waals surface area contributed by atoms with Gasteiger partial charge in [-0.1, -0.05) is 6.92 Å². The number of likely N-dealkylation sites (tertiary alicyclic amines) is 1. The maximum atomic E-state index is 5.54. The maximum absolute atomic E-state index is 5.54. The molecule has 2 N–H and O–H groups in total. The van der Waals surface area contributed by atoms with Crippen LogP contribution in [0.1, 0.15) is 13.8 Å². The number of hydrogen-bond acceptors (Lipinski definition) is 2. The Morgan fingerprint density at radius 2 is 2.00 bits per heavy atom. The standard InChI is InChI=1S/C7H16N2/c1-5-6(2)9(3)7(5)4-8/h5-7H,4,8H2,1-3H3/t5-,6+,7-/m0/s1. The molecule has 2 nitrogen and oxygen atoms in total. The van der Waals surface area contributed by atoms with Crippen LogP contribution in [0.2, 0.25) is 0 Å². The van der Waals surface area contributed by atoms with E-state index in [1.165, 1.54) is 0 Å². The van der Waals surface area contributed by atoms with Crippen LogP contribution in [0.4, 0.5) is 0 Å². The fourth-order valence-corrected chi connectivity index (χ4v) is 1.64. The van der Waals surface area contributed by atoms with Gasteiger partial charge in [0.25, 0.3) is 0 Å². The molecule has 0 aliphatic carbocycles. The van der Waals surface area contributed by atoms with Gasteiger partial charge < -0.3 is 5.73 Å². The van der Waals surface area contributed by atoms with Gasteiger partial charge in [-0.25, -0.2) is 0 Å². The number of likely N-dealkylation sites (N-methyl/N-ethyl adjacent to an activating group) is 1. The Labute approximate surface area is 57.0 Å². The summed E-state index contributed by atoms with van der Waals surface area (Å²) in [6.07, 6.45) is 0. The lowest BCUT2D eigenvalue weighted by Crippen LogP contribution is -2.62. The van der Waals surface area contributed by atoms with Gasteiger partial charge in [0.2, 0.25) is 0 Å². The third kappa shape index (κ3) is 0.864. The van der Waals surface area contributed by atoms with E-state index in [1.807, 2.05) is 0 Å². The van der Waals surface area contributed by atoms with E-state index in [4.69, 9.17) is 5.73 Å². The highest BCUT2D eigenvalue weighted by atomic mass is 15.2. The van der Waals surface area contributed by atoms with Crippen molar-refractivity contribution in [1.29, 1.82) is 0 Å². The number of hydrogen-bond donors (Lipinski definition) is 1. The van der Waals surface area contributed by atoms with Crippen molar-refractivity contribution >= 4 is 0 Å². The summed E-state index contributed by atoms with van der Waals surface area (Å²) in [7, 11) is 2.14. The molecule has 0 spiro atoms. The van der Waals surface area contributed by atoms with Crippen molar-refractivity contribution in [2.45, 2.75) is 25.9 Å². The van der Waals surface area contributed by atoms with Crippen LogP contribution in [0.25, 0.3) is 0 Å². The van der Waals surface area contributed by atoms with Crippen LogP contribution < -0.4 is 5.73 Å². The molecule has 3 atom stereocenters. The Hall–Kier alpha value is -0.0800. The van der Waals surface area contributed by atoms with Crippen LogP contribution in [0.3, 0.4) is 0 Å². The topological polar surface area (TPSA) is 29.3 Å². The second kappa shape index (κ2) is 2.27. The molecule has 0 bridgehead atoms. The van der Waals surface area contributed by atoms with Gasteiger partial charge in [0.1, 0.15) is 0 Å². The molecule has 1 heterocycles. The first kappa shape index (κ1) is 7.03. The quantitative estimate of drug-likeness (QED) is 0.549. The summed E-state index contributed by atoms with van der Waals surface area (Å²) in [5.41, 5.74) is 5.54. The zero-order chi connectivity index (χ0) is 7.02. The Bertz CT molecular complexity index is 93.1. The Morgan fingerprint density at radius 1 is 1.44 bits per heavy atom. The summed E-state index contributed by atoms with van der Waals surface area (Å²) < 4.78 is 0. The largest absolute Gasteiger partial charge is 0.329 e. The summed E-state index contributed by atoms with van der Waals surface area (Å²) in [4.78, 5) is 2.34. The zero-order valence-corrected chi connectivity index (χ0v) is 6.46.